The van der Waals surface area contributed by atoms with Crippen LogP contribution in [0.4, 0.5) is 0 Å². The van der Waals surface area contributed by atoms with Crippen LogP contribution in [0.15, 0.2) is 97.2 Å². The average Bonchev–Trinajstić information content (AvgIpc) is 2.83. The number of aliphatic hydroxyl groups is 2. The van der Waals surface area contributed by atoms with Crippen LogP contribution in [0, 0.1) is 0 Å². The summed E-state index contributed by atoms with van der Waals surface area (Å²) in [6.45, 7) is 5.85. The van der Waals surface area contributed by atoms with E-state index in [1.54, 1.807) is 0 Å². The molecule has 6 unspecified atom stereocenters. The van der Waals surface area contributed by atoms with E-state index in [0.717, 1.165) is 154 Å². The van der Waals surface area contributed by atoms with Crippen molar-refractivity contribution in [3.8, 4) is 0 Å². The molecule has 6 atom stereocenters. The maximum Gasteiger partial charge on any atom is 0.335 e. The van der Waals surface area contributed by atoms with E-state index in [2.05, 4.69) is 118 Å². The first-order valence-corrected chi connectivity index (χ1v) is 34.2. The van der Waals surface area contributed by atoms with E-state index >= 15 is 0 Å². The van der Waals surface area contributed by atoms with Crippen LogP contribution in [0.2, 0.25) is 0 Å². The van der Waals surface area contributed by atoms with Gasteiger partial charge in [-0.1, -0.05) is 246 Å². The van der Waals surface area contributed by atoms with Crippen LogP contribution in [0.1, 0.15) is 290 Å². The molecule has 1 aliphatic heterocycles. The predicted octanol–water partition coefficient (Wildman–Crippen LogP) is 18.8. The maximum absolute atomic E-state index is 13.2. The first-order chi connectivity index (χ1) is 41.6. The number of esters is 3. The highest BCUT2D eigenvalue weighted by Crippen LogP contribution is 2.27. The molecule has 1 aliphatic rings. The van der Waals surface area contributed by atoms with Gasteiger partial charge in [-0.15, -0.1) is 0 Å². The number of ether oxygens (including phenoxy) is 5. The lowest BCUT2D eigenvalue weighted by Gasteiger charge is -2.40. The highest BCUT2D eigenvalue weighted by molar-refractivity contribution is 5.74. The number of hydrogen-bond acceptors (Lipinski definition) is 11. The van der Waals surface area contributed by atoms with Crippen molar-refractivity contribution in [1.29, 1.82) is 0 Å². The fourth-order valence-electron chi connectivity index (χ4n) is 9.89. The predicted molar refractivity (Wildman–Crippen MR) is 349 cm³/mol. The molecule has 1 rings (SSSR count). The third kappa shape index (κ3) is 49.3. The SMILES string of the molecule is CC/C=C\C/C=C\C/C=C\CCCCCCCCCC(=O)OC1C(OCC(COC(=O)CCCCCCCC/C=C\C/C=C\C/C=C\CCCCC)OC(=O)CCCCCCCCCCC/C=C\C/C=C\CCCCC)OC(C(=O)O)C(O)C1O. The van der Waals surface area contributed by atoms with E-state index in [1.165, 1.54) is 77.0 Å². The van der Waals surface area contributed by atoms with Gasteiger partial charge in [0, 0.05) is 19.3 Å². The maximum atomic E-state index is 13.2. The van der Waals surface area contributed by atoms with Crippen LogP contribution in [-0.4, -0.2) is 89.2 Å². The summed E-state index contributed by atoms with van der Waals surface area (Å²) in [5.74, 6) is -3.15. The number of carbonyl (C=O) groups excluding carboxylic acids is 3. The fraction of sp³-hybridized carbons (Fsp3) is 0.726. The number of carboxylic acids is 1. The van der Waals surface area contributed by atoms with Crippen molar-refractivity contribution in [3.05, 3.63) is 97.2 Å². The van der Waals surface area contributed by atoms with E-state index < -0.39 is 67.3 Å². The van der Waals surface area contributed by atoms with E-state index in [4.69, 9.17) is 23.7 Å². The van der Waals surface area contributed by atoms with Crippen LogP contribution >= 0.6 is 0 Å². The number of carbonyl (C=O) groups is 4. The van der Waals surface area contributed by atoms with Crippen molar-refractivity contribution >= 4 is 23.9 Å². The van der Waals surface area contributed by atoms with Gasteiger partial charge in [0.1, 0.15) is 18.8 Å². The monoisotopic (exact) mass is 1190 g/mol. The molecule has 12 nitrogen and oxygen atoms in total. The van der Waals surface area contributed by atoms with Gasteiger partial charge in [-0.25, -0.2) is 4.79 Å². The fourth-order valence-corrected chi connectivity index (χ4v) is 9.89. The Morgan fingerprint density at radius 2 is 0.741 bits per heavy atom. The molecule has 0 aromatic rings. The lowest BCUT2D eigenvalue weighted by molar-refractivity contribution is -0.301. The van der Waals surface area contributed by atoms with Gasteiger partial charge < -0.3 is 39.0 Å². The zero-order valence-electron chi connectivity index (χ0n) is 53.8. The van der Waals surface area contributed by atoms with Crippen molar-refractivity contribution in [2.24, 2.45) is 0 Å². The molecule has 1 saturated heterocycles. The first kappa shape index (κ1) is 78.7. The first-order valence-electron chi connectivity index (χ1n) is 34.2. The van der Waals surface area contributed by atoms with Crippen LogP contribution in [0.5, 0.6) is 0 Å². The Labute approximate surface area is 517 Å². The summed E-state index contributed by atoms with van der Waals surface area (Å²) in [4.78, 5) is 51.5. The normalized spacial score (nSPS) is 18.1. The number of aliphatic carboxylic acids is 1. The Hall–Kier alpha value is -4.36. The van der Waals surface area contributed by atoms with Crippen LogP contribution < -0.4 is 0 Å². The molecule has 0 aromatic carbocycles. The molecule has 0 radical (unpaired) electrons. The van der Waals surface area contributed by atoms with Crippen molar-refractivity contribution in [2.45, 2.75) is 327 Å². The number of allylic oxidation sites excluding steroid dienone is 16. The van der Waals surface area contributed by atoms with Crippen molar-refractivity contribution in [1.82, 2.24) is 0 Å². The minimum Gasteiger partial charge on any atom is -0.479 e. The van der Waals surface area contributed by atoms with Gasteiger partial charge in [-0.05, 0) is 122 Å². The summed E-state index contributed by atoms with van der Waals surface area (Å²) in [6, 6.07) is 0. The molecule has 0 aliphatic carbocycles. The van der Waals surface area contributed by atoms with Crippen molar-refractivity contribution in [2.75, 3.05) is 13.2 Å². The third-order valence-corrected chi connectivity index (χ3v) is 15.1. The Kier molecular flexibility index (Phi) is 55.5. The lowest BCUT2D eigenvalue weighted by Crippen LogP contribution is -2.61. The molecule has 0 aromatic heterocycles. The molecule has 85 heavy (non-hydrogen) atoms. The molecule has 12 heteroatoms. The van der Waals surface area contributed by atoms with Gasteiger partial charge in [0.05, 0.1) is 6.61 Å². The van der Waals surface area contributed by atoms with Gasteiger partial charge in [-0.2, -0.15) is 0 Å². The largest absolute Gasteiger partial charge is 0.479 e. The van der Waals surface area contributed by atoms with E-state index in [-0.39, 0.29) is 25.9 Å². The van der Waals surface area contributed by atoms with Gasteiger partial charge >= 0.3 is 23.9 Å². The molecular formula is C73H122O12. The summed E-state index contributed by atoms with van der Waals surface area (Å²) in [5, 5.41) is 31.7. The molecule has 1 heterocycles. The van der Waals surface area contributed by atoms with Crippen molar-refractivity contribution in [3.63, 3.8) is 0 Å². The zero-order chi connectivity index (χ0) is 61.7. The molecule has 1 fully saturated rings. The smallest absolute Gasteiger partial charge is 0.335 e. The van der Waals surface area contributed by atoms with Gasteiger partial charge in [0.2, 0.25) is 0 Å². The Balaban J connectivity index is 2.66. The van der Waals surface area contributed by atoms with Crippen LogP contribution in [0.3, 0.4) is 0 Å². The highest BCUT2D eigenvalue weighted by atomic mass is 16.7. The summed E-state index contributed by atoms with van der Waals surface area (Å²) < 4.78 is 28.6. The van der Waals surface area contributed by atoms with Crippen molar-refractivity contribution < 1.29 is 58.2 Å². The molecule has 3 N–H and O–H groups in total. The van der Waals surface area contributed by atoms with E-state index in [0.29, 0.717) is 19.3 Å². The second-order valence-corrected chi connectivity index (χ2v) is 23.1. The summed E-state index contributed by atoms with van der Waals surface area (Å²) >= 11 is 0. The quantitative estimate of drug-likeness (QED) is 0.0228. The molecule has 0 amide bonds. The zero-order valence-corrected chi connectivity index (χ0v) is 53.8. The van der Waals surface area contributed by atoms with Gasteiger partial charge in [0.25, 0.3) is 0 Å². The van der Waals surface area contributed by atoms with Crippen LogP contribution in [0.25, 0.3) is 0 Å². The number of carboxylic acid groups (broad SMARTS) is 1. The molecule has 0 saturated carbocycles. The van der Waals surface area contributed by atoms with Crippen LogP contribution in [-0.2, 0) is 42.9 Å². The average molecular weight is 1190 g/mol. The second kappa shape index (κ2) is 59.9. The number of hydrogen-bond donors (Lipinski definition) is 3. The molecule has 486 valence electrons. The van der Waals surface area contributed by atoms with Gasteiger partial charge in [-0.3, -0.25) is 14.4 Å². The summed E-state index contributed by atoms with van der Waals surface area (Å²) in [5.41, 5.74) is 0. The minimum atomic E-state index is -1.91. The summed E-state index contributed by atoms with van der Waals surface area (Å²) in [7, 11) is 0. The number of rotatable bonds is 58. The van der Waals surface area contributed by atoms with Gasteiger partial charge in [0.15, 0.2) is 24.6 Å². The Bertz CT molecular complexity index is 1840. The van der Waals surface area contributed by atoms with E-state index in [1.807, 2.05) is 0 Å². The molecular weight excluding hydrogens is 1070 g/mol. The number of aliphatic hydroxyl groups excluding tert-OH is 2. The second-order valence-electron chi connectivity index (χ2n) is 23.1. The Morgan fingerprint density at radius 3 is 1.13 bits per heavy atom. The third-order valence-electron chi connectivity index (χ3n) is 15.1. The van der Waals surface area contributed by atoms with E-state index in [9.17, 15) is 34.5 Å². The minimum absolute atomic E-state index is 0.0441. The standard InChI is InChI=1S/C73H122O12/c1-4-7-10-13-16-19-22-25-28-31-33-36-38-41-44-47-50-53-56-59-65(74)81-62-64(83-66(75)60-57-54-51-48-45-42-40-37-34-32-29-26-23-20-17-14-11-8-5-2)63-82-73-71(69(78)68(77)70(85-73)72(79)80)84-67(76)61-58-55-52-49-46-43-39-35-30-27-24-21-18-15-12-9-6-3/h9,12,16-21,25-30,33,36,64,68-71,73,77-78H,4-8,10-11,13-15,22-24,31-32,34-35,37-63H2,1-3H3,(H,79,80)/b12-9-,19-16-,20-17-,21-18-,28-25-,29-26-,30-27-,36-33-. The topological polar surface area (TPSA) is 175 Å². The summed E-state index contributed by atoms with van der Waals surface area (Å²) in [6.07, 6.45) is 67.8. The lowest BCUT2D eigenvalue weighted by atomic mass is 9.98. The molecule has 0 spiro atoms. The highest BCUT2D eigenvalue weighted by Gasteiger charge is 2.50. The molecule has 0 bridgehead atoms. The Morgan fingerprint density at radius 1 is 0.400 bits per heavy atom. The number of unbranched alkanes of at least 4 members (excludes halogenated alkanes) is 28.